The molecule has 0 aromatic carbocycles. The largest absolute Gasteiger partial charge is 0.444 e. The zero-order valence-electron chi connectivity index (χ0n) is 13.3. The molecule has 0 spiro atoms. The number of piperidine rings is 1. The summed E-state index contributed by atoms with van der Waals surface area (Å²) >= 11 is 0. The van der Waals surface area contributed by atoms with Crippen LogP contribution in [0, 0.1) is 5.92 Å². The van der Waals surface area contributed by atoms with Crippen molar-refractivity contribution >= 4 is 11.9 Å². The standard InChI is InChI=1S/C16H25N3O2/c1-12-11-19(14-7-5-6-9-17-14)10-8-13(12)18-15(20)21-16(2,3)4/h5-7,9,12-13H,8,10-11H2,1-4H3,(H,18,20). The molecule has 1 aliphatic rings. The molecular formula is C16H25N3O2. The van der Waals surface area contributed by atoms with Gasteiger partial charge in [-0.2, -0.15) is 0 Å². The number of ether oxygens (including phenoxy) is 1. The van der Waals surface area contributed by atoms with Crippen molar-refractivity contribution in [2.24, 2.45) is 5.92 Å². The van der Waals surface area contributed by atoms with E-state index in [0.29, 0.717) is 5.92 Å². The Kier molecular flexibility index (Phi) is 4.70. The highest BCUT2D eigenvalue weighted by Gasteiger charge is 2.29. The summed E-state index contributed by atoms with van der Waals surface area (Å²) in [6.07, 6.45) is 2.38. The summed E-state index contributed by atoms with van der Waals surface area (Å²) < 4.78 is 5.32. The number of aromatic nitrogens is 1. The number of anilines is 1. The van der Waals surface area contributed by atoms with Gasteiger partial charge in [0.15, 0.2) is 0 Å². The van der Waals surface area contributed by atoms with Gasteiger partial charge in [0.05, 0.1) is 0 Å². The van der Waals surface area contributed by atoms with Crippen LogP contribution in [0.25, 0.3) is 0 Å². The van der Waals surface area contributed by atoms with Gasteiger partial charge in [0.25, 0.3) is 0 Å². The maximum Gasteiger partial charge on any atom is 0.407 e. The van der Waals surface area contributed by atoms with E-state index in [1.54, 1.807) is 0 Å². The Morgan fingerprint density at radius 2 is 2.19 bits per heavy atom. The summed E-state index contributed by atoms with van der Waals surface area (Å²) in [5, 5.41) is 2.99. The lowest BCUT2D eigenvalue weighted by Crippen LogP contribution is -2.51. The number of hydrogen-bond acceptors (Lipinski definition) is 4. The SMILES string of the molecule is CC1CN(c2ccccn2)CCC1NC(=O)OC(C)(C)C. The fraction of sp³-hybridized carbons (Fsp3) is 0.625. The van der Waals surface area contributed by atoms with Crippen molar-refractivity contribution in [1.82, 2.24) is 10.3 Å². The van der Waals surface area contributed by atoms with Gasteiger partial charge < -0.3 is 15.0 Å². The number of amides is 1. The van der Waals surface area contributed by atoms with Gasteiger partial charge in [0.1, 0.15) is 11.4 Å². The van der Waals surface area contributed by atoms with Gasteiger partial charge in [-0.1, -0.05) is 13.0 Å². The minimum atomic E-state index is -0.456. The van der Waals surface area contributed by atoms with Gasteiger partial charge in [0.2, 0.25) is 0 Å². The Hall–Kier alpha value is -1.78. The highest BCUT2D eigenvalue weighted by atomic mass is 16.6. The number of pyridine rings is 1. The lowest BCUT2D eigenvalue weighted by molar-refractivity contribution is 0.0481. The van der Waals surface area contributed by atoms with Crippen molar-refractivity contribution in [3.8, 4) is 0 Å². The van der Waals surface area contributed by atoms with E-state index in [1.165, 1.54) is 0 Å². The molecule has 1 amide bonds. The van der Waals surface area contributed by atoms with Crippen molar-refractivity contribution in [2.75, 3.05) is 18.0 Å². The monoisotopic (exact) mass is 291 g/mol. The first-order valence-corrected chi connectivity index (χ1v) is 7.50. The highest BCUT2D eigenvalue weighted by Crippen LogP contribution is 2.21. The van der Waals surface area contributed by atoms with E-state index in [0.717, 1.165) is 25.3 Å². The summed E-state index contributed by atoms with van der Waals surface area (Å²) in [5.74, 6) is 1.35. The maximum absolute atomic E-state index is 11.9. The van der Waals surface area contributed by atoms with Crippen LogP contribution in [-0.4, -0.2) is 35.8 Å². The van der Waals surface area contributed by atoms with Crippen LogP contribution >= 0.6 is 0 Å². The first-order chi connectivity index (χ1) is 9.85. The Morgan fingerprint density at radius 1 is 1.43 bits per heavy atom. The van der Waals surface area contributed by atoms with E-state index < -0.39 is 5.60 Å². The molecule has 1 N–H and O–H groups in total. The molecule has 0 saturated carbocycles. The number of nitrogens with one attached hydrogen (secondary N) is 1. The van der Waals surface area contributed by atoms with Crippen molar-refractivity contribution in [2.45, 2.75) is 45.8 Å². The van der Waals surface area contributed by atoms with Crippen molar-refractivity contribution < 1.29 is 9.53 Å². The van der Waals surface area contributed by atoms with E-state index in [-0.39, 0.29) is 12.1 Å². The second-order valence-electron chi connectivity index (χ2n) is 6.65. The first kappa shape index (κ1) is 15.6. The smallest absolute Gasteiger partial charge is 0.407 e. The lowest BCUT2D eigenvalue weighted by Gasteiger charge is -2.38. The second kappa shape index (κ2) is 6.33. The van der Waals surface area contributed by atoms with Gasteiger partial charge >= 0.3 is 6.09 Å². The molecule has 2 atom stereocenters. The molecule has 1 aromatic heterocycles. The van der Waals surface area contributed by atoms with Crippen LogP contribution in [0.2, 0.25) is 0 Å². The third-order valence-corrected chi connectivity index (χ3v) is 3.58. The quantitative estimate of drug-likeness (QED) is 0.910. The Morgan fingerprint density at radius 3 is 2.76 bits per heavy atom. The van der Waals surface area contributed by atoms with Gasteiger partial charge in [-0.3, -0.25) is 0 Å². The van der Waals surface area contributed by atoms with Crippen LogP contribution < -0.4 is 10.2 Å². The van der Waals surface area contributed by atoms with Crippen LogP contribution in [0.5, 0.6) is 0 Å². The molecule has 5 nitrogen and oxygen atoms in total. The minimum absolute atomic E-state index is 0.153. The molecule has 0 radical (unpaired) electrons. The summed E-state index contributed by atoms with van der Waals surface area (Å²) in [4.78, 5) is 18.5. The van der Waals surface area contributed by atoms with Crippen LogP contribution in [0.4, 0.5) is 10.6 Å². The molecule has 0 bridgehead atoms. The predicted molar refractivity (Wildman–Crippen MR) is 83.4 cm³/mol. The molecule has 2 unspecified atom stereocenters. The summed E-state index contributed by atoms with van der Waals surface area (Å²) in [6.45, 7) is 9.55. The van der Waals surface area contributed by atoms with E-state index in [4.69, 9.17) is 4.74 Å². The van der Waals surface area contributed by atoms with Crippen LogP contribution in [0.15, 0.2) is 24.4 Å². The molecule has 1 aliphatic heterocycles. The molecule has 21 heavy (non-hydrogen) atoms. The zero-order chi connectivity index (χ0) is 15.5. The van der Waals surface area contributed by atoms with Gasteiger partial charge in [-0.15, -0.1) is 0 Å². The molecule has 5 heteroatoms. The fourth-order valence-corrected chi connectivity index (χ4v) is 2.57. The van der Waals surface area contributed by atoms with Crippen LogP contribution in [0.1, 0.15) is 34.1 Å². The second-order valence-corrected chi connectivity index (χ2v) is 6.65. The van der Waals surface area contributed by atoms with Crippen molar-refractivity contribution in [3.05, 3.63) is 24.4 Å². The number of alkyl carbamates (subject to hydrolysis) is 1. The third kappa shape index (κ3) is 4.62. The summed E-state index contributed by atoms with van der Waals surface area (Å²) in [6, 6.07) is 6.09. The maximum atomic E-state index is 11.9. The fourth-order valence-electron chi connectivity index (χ4n) is 2.57. The average Bonchev–Trinajstić information content (AvgIpc) is 2.40. The van der Waals surface area contributed by atoms with Crippen LogP contribution in [0.3, 0.4) is 0 Å². The topological polar surface area (TPSA) is 54.5 Å². The van der Waals surface area contributed by atoms with Gasteiger partial charge in [-0.05, 0) is 45.2 Å². The zero-order valence-corrected chi connectivity index (χ0v) is 13.3. The molecule has 0 aliphatic carbocycles. The molecule has 1 fully saturated rings. The average molecular weight is 291 g/mol. The molecular weight excluding hydrogens is 266 g/mol. The third-order valence-electron chi connectivity index (χ3n) is 3.58. The highest BCUT2D eigenvalue weighted by molar-refractivity contribution is 5.68. The van der Waals surface area contributed by atoms with Crippen molar-refractivity contribution in [1.29, 1.82) is 0 Å². The normalized spacial score (nSPS) is 22.8. The number of rotatable bonds is 2. The number of carbonyl (C=O) groups excluding carboxylic acids is 1. The summed E-state index contributed by atoms with van der Waals surface area (Å²) in [5.41, 5.74) is -0.456. The van der Waals surface area contributed by atoms with Crippen LogP contribution in [-0.2, 0) is 4.74 Å². The molecule has 1 aromatic rings. The molecule has 2 heterocycles. The van der Waals surface area contributed by atoms with Crippen molar-refractivity contribution in [3.63, 3.8) is 0 Å². The Bertz CT molecular complexity index is 470. The predicted octanol–water partition coefficient (Wildman–Crippen LogP) is 2.82. The van der Waals surface area contributed by atoms with Gasteiger partial charge in [0, 0.05) is 25.3 Å². The summed E-state index contributed by atoms with van der Waals surface area (Å²) in [7, 11) is 0. The first-order valence-electron chi connectivity index (χ1n) is 7.50. The molecule has 1 saturated heterocycles. The number of hydrogen-bond donors (Lipinski definition) is 1. The Labute approximate surface area is 126 Å². The molecule has 116 valence electrons. The number of carbonyl (C=O) groups is 1. The number of nitrogens with zero attached hydrogens (tertiary/aromatic N) is 2. The van der Waals surface area contributed by atoms with E-state index in [9.17, 15) is 4.79 Å². The van der Waals surface area contributed by atoms with E-state index in [1.807, 2.05) is 45.2 Å². The molecule has 2 rings (SSSR count). The van der Waals surface area contributed by atoms with Gasteiger partial charge in [-0.25, -0.2) is 9.78 Å². The van der Waals surface area contributed by atoms with E-state index >= 15 is 0 Å². The lowest BCUT2D eigenvalue weighted by atomic mass is 9.94. The Balaban J connectivity index is 1.88. The minimum Gasteiger partial charge on any atom is -0.444 e. The van der Waals surface area contributed by atoms with E-state index in [2.05, 4.69) is 22.1 Å².